The molecule has 0 radical (unpaired) electrons. The lowest BCUT2D eigenvalue weighted by Gasteiger charge is -2.28. The van der Waals surface area contributed by atoms with Crippen LogP contribution in [0.1, 0.15) is 12.8 Å². The molecule has 0 aromatic heterocycles. The van der Waals surface area contributed by atoms with Gasteiger partial charge in [0.25, 0.3) is 0 Å². The van der Waals surface area contributed by atoms with Gasteiger partial charge in [0.1, 0.15) is 12.2 Å². The molecule has 0 saturated carbocycles. The monoisotopic (exact) mass is 207 g/mol. The molecule has 1 heterocycles. The predicted octanol–water partition coefficient (Wildman–Crippen LogP) is 2.06. The quantitative estimate of drug-likeness (QED) is 0.600. The van der Waals surface area contributed by atoms with E-state index in [1.807, 2.05) is 0 Å². The van der Waals surface area contributed by atoms with Gasteiger partial charge in [-0.15, -0.1) is 12.4 Å². The van der Waals surface area contributed by atoms with Gasteiger partial charge in [0.05, 0.1) is 0 Å². The van der Waals surface area contributed by atoms with Crippen LogP contribution in [0.2, 0.25) is 0 Å². The number of hydrogen-bond donors (Lipinski definition) is 1. The summed E-state index contributed by atoms with van der Waals surface area (Å²) >= 11 is 0. The Morgan fingerprint density at radius 3 is 2.17 bits per heavy atom. The Kier molecular flexibility index (Phi) is 4.26. The van der Waals surface area contributed by atoms with Crippen LogP contribution in [0.5, 0.6) is 0 Å². The molecule has 1 N–H and O–H groups in total. The maximum Gasteiger partial charge on any atom is 0.406 e. The largest absolute Gasteiger partial charge is 0.406 e. The van der Waals surface area contributed by atoms with Gasteiger partial charge in [-0.25, -0.2) is 4.39 Å². The van der Waals surface area contributed by atoms with E-state index in [0.29, 0.717) is 6.42 Å². The molecule has 2 atom stereocenters. The highest BCUT2D eigenvalue weighted by molar-refractivity contribution is 5.85. The molecule has 12 heavy (non-hydrogen) atoms. The summed E-state index contributed by atoms with van der Waals surface area (Å²) in [4.78, 5) is 0. The van der Waals surface area contributed by atoms with Gasteiger partial charge in [0, 0.05) is 0 Å². The molecular weight excluding hydrogens is 198 g/mol. The maximum absolute atomic E-state index is 12.6. The van der Waals surface area contributed by atoms with Crippen molar-refractivity contribution in [1.82, 2.24) is 5.32 Å². The van der Waals surface area contributed by atoms with Crippen LogP contribution in [0.15, 0.2) is 0 Å². The number of alkyl halides is 4. The molecule has 1 aliphatic rings. The van der Waals surface area contributed by atoms with Crippen molar-refractivity contribution in [1.29, 1.82) is 0 Å². The van der Waals surface area contributed by atoms with E-state index in [1.165, 1.54) is 0 Å². The molecule has 0 spiro atoms. The molecule has 0 amide bonds. The first kappa shape index (κ1) is 12.0. The Balaban J connectivity index is 0.00000121. The zero-order valence-corrected chi connectivity index (χ0v) is 7.01. The Bertz CT molecular complexity index is 138. The van der Waals surface area contributed by atoms with Crippen molar-refractivity contribution in [2.45, 2.75) is 31.2 Å². The molecule has 1 aliphatic heterocycles. The lowest BCUT2D eigenvalue weighted by atomic mass is 10.0. The van der Waals surface area contributed by atoms with Crippen molar-refractivity contribution >= 4 is 12.4 Å². The summed E-state index contributed by atoms with van der Waals surface area (Å²) in [6.07, 6.45) is -5.73. The molecule has 1 saturated heterocycles. The van der Waals surface area contributed by atoms with Crippen LogP contribution in [0, 0.1) is 0 Å². The molecule has 1 fully saturated rings. The summed E-state index contributed by atoms with van der Waals surface area (Å²) in [7, 11) is 0. The first-order valence-electron chi connectivity index (χ1n) is 3.46. The second-order valence-electron chi connectivity index (χ2n) is 2.63. The number of nitrogens with one attached hydrogen (secondary N) is 1. The molecule has 0 bridgehead atoms. The van der Waals surface area contributed by atoms with E-state index in [2.05, 4.69) is 5.32 Å². The van der Waals surface area contributed by atoms with Crippen LogP contribution in [0.25, 0.3) is 0 Å². The number of halogens is 5. The second-order valence-corrected chi connectivity index (χ2v) is 2.63. The van der Waals surface area contributed by atoms with E-state index in [0.717, 1.165) is 0 Å². The highest BCUT2D eigenvalue weighted by atomic mass is 35.5. The number of piperidine rings is 1. The van der Waals surface area contributed by atoms with Crippen molar-refractivity contribution in [3.63, 3.8) is 0 Å². The van der Waals surface area contributed by atoms with E-state index < -0.39 is 18.4 Å². The van der Waals surface area contributed by atoms with Crippen molar-refractivity contribution in [3.8, 4) is 0 Å². The molecular formula is C6H10ClF4N. The minimum absolute atomic E-state index is 0. The average Bonchev–Trinajstić information content (AvgIpc) is 1.86. The fraction of sp³-hybridized carbons (Fsp3) is 1.00. The van der Waals surface area contributed by atoms with E-state index in [4.69, 9.17) is 0 Å². The molecule has 1 rings (SSSR count). The summed E-state index contributed by atoms with van der Waals surface area (Å²) in [5.74, 6) is 0. The fourth-order valence-corrected chi connectivity index (χ4v) is 1.17. The van der Waals surface area contributed by atoms with Gasteiger partial charge in [-0.2, -0.15) is 13.2 Å². The standard InChI is InChI=1S/C6H9F4N.ClH/c7-4-2-1-3-11-5(4)6(8,9)10;/h4-5,11H,1-3H2;1H/t4-,5-;/m1./s1. The van der Waals surface area contributed by atoms with E-state index in [1.54, 1.807) is 0 Å². The lowest BCUT2D eigenvalue weighted by Crippen LogP contribution is -2.52. The third-order valence-corrected chi connectivity index (χ3v) is 1.74. The Morgan fingerprint density at radius 1 is 1.25 bits per heavy atom. The van der Waals surface area contributed by atoms with E-state index in [9.17, 15) is 17.6 Å². The summed E-state index contributed by atoms with van der Waals surface area (Å²) in [5, 5.41) is 2.11. The Labute approximate surface area is 73.9 Å². The van der Waals surface area contributed by atoms with Crippen LogP contribution in [-0.2, 0) is 0 Å². The molecule has 0 unspecified atom stereocenters. The van der Waals surface area contributed by atoms with E-state index in [-0.39, 0.29) is 25.4 Å². The topological polar surface area (TPSA) is 12.0 Å². The fourth-order valence-electron chi connectivity index (χ4n) is 1.17. The van der Waals surface area contributed by atoms with E-state index >= 15 is 0 Å². The van der Waals surface area contributed by atoms with Crippen molar-refractivity contribution in [2.24, 2.45) is 0 Å². The number of hydrogen-bond acceptors (Lipinski definition) is 1. The average molecular weight is 208 g/mol. The minimum Gasteiger partial charge on any atom is -0.304 e. The Hall–Kier alpha value is -0.0300. The van der Waals surface area contributed by atoms with Gasteiger partial charge in [-0.3, -0.25) is 0 Å². The van der Waals surface area contributed by atoms with Crippen LogP contribution < -0.4 is 5.32 Å². The van der Waals surface area contributed by atoms with Crippen LogP contribution >= 0.6 is 12.4 Å². The van der Waals surface area contributed by atoms with Gasteiger partial charge < -0.3 is 5.32 Å². The number of rotatable bonds is 0. The SMILES string of the molecule is Cl.F[C@@H]1CCCN[C@H]1C(F)(F)F. The molecule has 1 nitrogen and oxygen atoms in total. The minimum atomic E-state index is -4.44. The van der Waals surface area contributed by atoms with Gasteiger partial charge in [-0.05, 0) is 19.4 Å². The lowest BCUT2D eigenvalue weighted by molar-refractivity contribution is -0.174. The van der Waals surface area contributed by atoms with Gasteiger partial charge in [0.2, 0.25) is 0 Å². The van der Waals surface area contributed by atoms with Gasteiger partial charge in [0.15, 0.2) is 0 Å². The summed E-state index contributed by atoms with van der Waals surface area (Å²) < 4.78 is 48.2. The molecule has 0 aliphatic carbocycles. The predicted molar refractivity (Wildman–Crippen MR) is 39.2 cm³/mol. The smallest absolute Gasteiger partial charge is 0.304 e. The third-order valence-electron chi connectivity index (χ3n) is 1.74. The molecule has 74 valence electrons. The van der Waals surface area contributed by atoms with Crippen LogP contribution in [0.4, 0.5) is 17.6 Å². The highest BCUT2D eigenvalue weighted by Gasteiger charge is 2.45. The first-order valence-corrected chi connectivity index (χ1v) is 3.46. The van der Waals surface area contributed by atoms with Crippen LogP contribution in [0.3, 0.4) is 0 Å². The van der Waals surface area contributed by atoms with Crippen molar-refractivity contribution in [3.05, 3.63) is 0 Å². The normalized spacial score (nSPS) is 31.0. The second kappa shape index (κ2) is 4.28. The van der Waals surface area contributed by atoms with Crippen molar-refractivity contribution in [2.75, 3.05) is 6.54 Å². The Morgan fingerprint density at radius 2 is 1.83 bits per heavy atom. The van der Waals surface area contributed by atoms with Crippen molar-refractivity contribution < 1.29 is 17.6 Å². The zero-order chi connectivity index (χ0) is 8.48. The summed E-state index contributed by atoms with van der Waals surface area (Å²) in [6.45, 7) is 0.255. The first-order chi connectivity index (χ1) is 5.02. The highest BCUT2D eigenvalue weighted by Crippen LogP contribution is 2.27. The van der Waals surface area contributed by atoms with Gasteiger partial charge >= 0.3 is 6.18 Å². The molecule has 6 heteroatoms. The maximum atomic E-state index is 12.6. The molecule has 0 aromatic carbocycles. The molecule has 0 aromatic rings. The van der Waals surface area contributed by atoms with Crippen LogP contribution in [-0.4, -0.2) is 24.9 Å². The van der Waals surface area contributed by atoms with Gasteiger partial charge in [-0.1, -0.05) is 0 Å². The summed E-state index contributed by atoms with van der Waals surface area (Å²) in [5.41, 5.74) is 0. The zero-order valence-electron chi connectivity index (χ0n) is 6.20. The third kappa shape index (κ3) is 2.79. The summed E-state index contributed by atoms with van der Waals surface area (Å²) in [6, 6.07) is -1.95.